The topological polar surface area (TPSA) is 23.5 Å². The van der Waals surface area contributed by atoms with Crippen molar-refractivity contribution >= 4 is 11.3 Å². The first-order chi connectivity index (χ1) is 9.63. The number of nitrogens with zero attached hydrogens (tertiary/aromatic N) is 1. The Hall–Kier alpha value is -0.380. The molecule has 0 bridgehead atoms. The highest BCUT2D eigenvalue weighted by molar-refractivity contribution is 7.07. The second-order valence-electron chi connectivity index (χ2n) is 7.08. The van der Waals surface area contributed by atoms with Crippen molar-refractivity contribution < 1.29 is 5.11 Å². The molecule has 2 aliphatic carbocycles. The molecule has 0 aliphatic heterocycles. The van der Waals surface area contributed by atoms with Gasteiger partial charge in [0, 0.05) is 25.0 Å². The Morgan fingerprint density at radius 3 is 2.70 bits per heavy atom. The maximum atomic E-state index is 10.5. The molecule has 0 radical (unpaired) electrons. The smallest absolute Gasteiger partial charge is 0.0585 e. The van der Waals surface area contributed by atoms with Crippen LogP contribution in [0.5, 0.6) is 0 Å². The van der Waals surface area contributed by atoms with Crippen molar-refractivity contribution in [2.24, 2.45) is 17.8 Å². The van der Waals surface area contributed by atoms with Crippen molar-refractivity contribution in [1.29, 1.82) is 0 Å². The summed E-state index contributed by atoms with van der Waals surface area (Å²) in [4.78, 5) is 2.63. The van der Waals surface area contributed by atoms with E-state index in [0.29, 0.717) is 17.8 Å². The van der Waals surface area contributed by atoms with Gasteiger partial charge in [-0.05, 0) is 59.9 Å². The van der Waals surface area contributed by atoms with Gasteiger partial charge < -0.3 is 5.11 Å². The van der Waals surface area contributed by atoms with Gasteiger partial charge >= 0.3 is 0 Å². The van der Waals surface area contributed by atoms with Gasteiger partial charge in [-0.15, -0.1) is 0 Å². The molecule has 4 unspecified atom stereocenters. The van der Waals surface area contributed by atoms with Gasteiger partial charge in [0.05, 0.1) is 6.10 Å². The van der Waals surface area contributed by atoms with Gasteiger partial charge in [-0.25, -0.2) is 0 Å². The molecule has 3 heteroatoms. The summed E-state index contributed by atoms with van der Waals surface area (Å²) in [6.07, 6.45) is 4.86. The molecule has 2 fully saturated rings. The summed E-state index contributed by atoms with van der Waals surface area (Å²) in [6.45, 7) is 6.76. The van der Waals surface area contributed by atoms with E-state index in [-0.39, 0.29) is 6.10 Å². The van der Waals surface area contributed by atoms with E-state index < -0.39 is 0 Å². The third kappa shape index (κ3) is 3.44. The third-order valence-electron chi connectivity index (χ3n) is 5.12. The van der Waals surface area contributed by atoms with Gasteiger partial charge in [-0.2, -0.15) is 11.3 Å². The Morgan fingerprint density at radius 1 is 1.30 bits per heavy atom. The van der Waals surface area contributed by atoms with Gasteiger partial charge in [0.15, 0.2) is 0 Å². The maximum absolute atomic E-state index is 10.5. The zero-order valence-corrected chi connectivity index (χ0v) is 13.5. The molecule has 1 N–H and O–H groups in total. The fraction of sp³-hybridized carbons (Fsp3) is 0.765. The van der Waals surface area contributed by atoms with E-state index in [2.05, 4.69) is 35.6 Å². The van der Waals surface area contributed by atoms with Crippen LogP contribution in [0.2, 0.25) is 0 Å². The van der Waals surface area contributed by atoms with E-state index in [0.717, 1.165) is 25.6 Å². The van der Waals surface area contributed by atoms with Crippen LogP contribution in [-0.4, -0.2) is 28.7 Å². The number of thiophene rings is 1. The van der Waals surface area contributed by atoms with E-state index in [9.17, 15) is 5.11 Å². The molecule has 3 rings (SSSR count). The fourth-order valence-corrected chi connectivity index (χ4v) is 4.50. The summed E-state index contributed by atoms with van der Waals surface area (Å²) >= 11 is 1.79. The predicted octanol–water partition coefficient (Wildman–Crippen LogP) is 3.76. The van der Waals surface area contributed by atoms with Crippen LogP contribution < -0.4 is 0 Å². The van der Waals surface area contributed by atoms with Crippen LogP contribution >= 0.6 is 11.3 Å². The standard InChI is InChI=1S/C17H27NOS/c1-12-7-13(2)16(17(19)8-12)10-18(15-3-4-15)9-14-5-6-20-11-14/h5-6,11-13,15-17,19H,3-4,7-10H2,1-2H3. The van der Waals surface area contributed by atoms with Gasteiger partial charge in [-0.1, -0.05) is 13.8 Å². The van der Waals surface area contributed by atoms with Crippen LogP contribution in [0.25, 0.3) is 0 Å². The molecular weight excluding hydrogens is 266 g/mol. The van der Waals surface area contributed by atoms with E-state index in [1.807, 2.05) is 0 Å². The van der Waals surface area contributed by atoms with Crippen molar-refractivity contribution in [3.8, 4) is 0 Å². The van der Waals surface area contributed by atoms with Crippen LogP contribution in [0, 0.1) is 17.8 Å². The molecule has 2 aliphatic rings. The summed E-state index contributed by atoms with van der Waals surface area (Å²) in [7, 11) is 0. The third-order valence-corrected chi connectivity index (χ3v) is 5.85. The lowest BCUT2D eigenvalue weighted by atomic mass is 9.73. The molecule has 0 aromatic carbocycles. The van der Waals surface area contributed by atoms with E-state index in [1.165, 1.54) is 24.8 Å². The molecule has 0 amide bonds. The molecular formula is C17H27NOS. The summed E-state index contributed by atoms with van der Waals surface area (Å²) < 4.78 is 0. The molecule has 0 saturated heterocycles. The van der Waals surface area contributed by atoms with E-state index in [1.54, 1.807) is 11.3 Å². The van der Waals surface area contributed by atoms with Crippen molar-refractivity contribution in [2.45, 2.75) is 58.2 Å². The Labute approximate surface area is 126 Å². The molecule has 0 spiro atoms. The quantitative estimate of drug-likeness (QED) is 0.893. The van der Waals surface area contributed by atoms with Crippen molar-refractivity contribution in [3.63, 3.8) is 0 Å². The van der Waals surface area contributed by atoms with Gasteiger partial charge in [0.1, 0.15) is 0 Å². The van der Waals surface area contributed by atoms with Crippen LogP contribution in [0.15, 0.2) is 16.8 Å². The lowest BCUT2D eigenvalue weighted by Crippen LogP contribution is -2.43. The Bertz CT molecular complexity index is 403. The normalized spacial score (nSPS) is 34.6. The lowest BCUT2D eigenvalue weighted by Gasteiger charge is -2.39. The molecule has 2 nitrogen and oxygen atoms in total. The first-order valence-electron chi connectivity index (χ1n) is 8.06. The largest absolute Gasteiger partial charge is 0.393 e. The molecule has 1 heterocycles. The molecule has 1 aromatic rings. The van der Waals surface area contributed by atoms with Gasteiger partial charge in [0.25, 0.3) is 0 Å². The Kier molecular flexibility index (Phi) is 4.49. The second-order valence-corrected chi connectivity index (χ2v) is 7.86. The average molecular weight is 293 g/mol. The number of hydrogen-bond donors (Lipinski definition) is 1. The van der Waals surface area contributed by atoms with E-state index in [4.69, 9.17) is 0 Å². The highest BCUT2D eigenvalue weighted by Crippen LogP contribution is 2.37. The zero-order valence-electron chi connectivity index (χ0n) is 12.7. The summed E-state index contributed by atoms with van der Waals surface area (Å²) in [6, 6.07) is 3.01. The van der Waals surface area contributed by atoms with Crippen molar-refractivity contribution in [2.75, 3.05) is 6.54 Å². The highest BCUT2D eigenvalue weighted by Gasteiger charge is 2.37. The number of hydrogen-bond acceptors (Lipinski definition) is 3. The minimum Gasteiger partial charge on any atom is -0.393 e. The van der Waals surface area contributed by atoms with Crippen molar-refractivity contribution in [1.82, 2.24) is 4.90 Å². The molecule has 20 heavy (non-hydrogen) atoms. The Balaban J connectivity index is 1.63. The molecule has 112 valence electrons. The molecule has 1 aromatic heterocycles. The maximum Gasteiger partial charge on any atom is 0.0585 e. The molecule has 2 saturated carbocycles. The first-order valence-corrected chi connectivity index (χ1v) is 9.01. The van der Waals surface area contributed by atoms with Crippen LogP contribution in [0.4, 0.5) is 0 Å². The molecule has 4 atom stereocenters. The monoisotopic (exact) mass is 293 g/mol. The average Bonchev–Trinajstić information content (AvgIpc) is 3.10. The van der Waals surface area contributed by atoms with Crippen molar-refractivity contribution in [3.05, 3.63) is 22.4 Å². The number of rotatable bonds is 5. The summed E-state index contributed by atoms with van der Waals surface area (Å²) in [5, 5.41) is 14.9. The number of aliphatic hydroxyl groups excluding tert-OH is 1. The fourth-order valence-electron chi connectivity index (χ4n) is 3.84. The minimum absolute atomic E-state index is 0.0996. The van der Waals surface area contributed by atoms with Gasteiger partial charge in [0.2, 0.25) is 0 Å². The first kappa shape index (κ1) is 14.6. The highest BCUT2D eigenvalue weighted by atomic mass is 32.1. The SMILES string of the molecule is CC1CC(C)C(CN(Cc2ccsc2)C2CC2)C(O)C1. The zero-order chi connectivity index (χ0) is 14.1. The van der Waals surface area contributed by atoms with Crippen LogP contribution in [0.3, 0.4) is 0 Å². The van der Waals surface area contributed by atoms with Crippen LogP contribution in [0.1, 0.15) is 45.1 Å². The summed E-state index contributed by atoms with van der Waals surface area (Å²) in [5.41, 5.74) is 1.44. The minimum atomic E-state index is -0.0996. The summed E-state index contributed by atoms with van der Waals surface area (Å²) in [5.74, 6) is 1.80. The number of aliphatic hydroxyl groups is 1. The second kappa shape index (κ2) is 6.17. The Morgan fingerprint density at radius 2 is 2.10 bits per heavy atom. The lowest BCUT2D eigenvalue weighted by molar-refractivity contribution is -0.00472. The van der Waals surface area contributed by atoms with E-state index >= 15 is 0 Å². The van der Waals surface area contributed by atoms with Crippen LogP contribution in [-0.2, 0) is 6.54 Å². The van der Waals surface area contributed by atoms with Gasteiger partial charge in [-0.3, -0.25) is 4.90 Å². The predicted molar refractivity (Wildman–Crippen MR) is 84.8 cm³/mol.